The van der Waals surface area contributed by atoms with E-state index in [2.05, 4.69) is 20.8 Å². The van der Waals surface area contributed by atoms with Gasteiger partial charge in [-0.1, -0.05) is 33.6 Å². The van der Waals surface area contributed by atoms with Crippen LogP contribution in [0.1, 0.15) is 89.7 Å². The van der Waals surface area contributed by atoms with Gasteiger partial charge in [0.05, 0.1) is 0 Å². The second kappa shape index (κ2) is 9.53. The lowest BCUT2D eigenvalue weighted by molar-refractivity contribution is -0.135. The number of unbranched alkanes of at least 4 members (excludes halogenated alkanes) is 3. The highest BCUT2D eigenvalue weighted by atomic mass is 16.5. The molecule has 1 fully saturated rings. The first kappa shape index (κ1) is 22.4. The molecule has 0 aromatic heterocycles. The third-order valence-corrected chi connectivity index (χ3v) is 5.72. The maximum Gasteiger partial charge on any atom is 0.293 e. The summed E-state index contributed by atoms with van der Waals surface area (Å²) >= 11 is 0. The molecule has 3 N–H and O–H groups in total. The molecule has 0 bridgehead atoms. The number of aromatic hydroxyl groups is 3. The van der Waals surface area contributed by atoms with Gasteiger partial charge in [-0.3, -0.25) is 4.79 Å². The molecule has 0 spiro atoms. The number of carbonyl (C=O) groups excluding carboxylic acids is 1. The highest BCUT2D eigenvalue weighted by Gasteiger charge is 2.44. The van der Waals surface area contributed by atoms with E-state index < -0.39 is 0 Å². The summed E-state index contributed by atoms with van der Waals surface area (Å²) in [4.78, 5) is 10.5. The molecule has 1 aliphatic carbocycles. The number of phenols is 3. The molecule has 0 saturated heterocycles. The van der Waals surface area contributed by atoms with Crippen molar-refractivity contribution < 1.29 is 24.9 Å². The molecule has 1 saturated carbocycles. The Bertz CT molecular complexity index is 656. The Morgan fingerprint density at radius 1 is 1.00 bits per heavy atom. The number of aryl methyl sites for hydroxylation is 1. The lowest BCUT2D eigenvalue weighted by Gasteiger charge is -2.17. The second-order valence-electron chi connectivity index (χ2n) is 9.46. The SMILES string of the molecule is CC(C)(C)CCCCCc1c(O)cc(CCCCC2(OC=O)CC2)c(O)c1O. The maximum atomic E-state index is 10.5. The third kappa shape index (κ3) is 6.61. The van der Waals surface area contributed by atoms with Gasteiger partial charge in [0.2, 0.25) is 0 Å². The van der Waals surface area contributed by atoms with E-state index in [0.29, 0.717) is 35.9 Å². The number of rotatable bonds is 12. The van der Waals surface area contributed by atoms with Gasteiger partial charge in [0.1, 0.15) is 11.4 Å². The molecule has 1 aromatic rings. The Kier molecular flexibility index (Phi) is 7.62. The minimum atomic E-state index is -0.259. The summed E-state index contributed by atoms with van der Waals surface area (Å²) in [5.74, 6) is -0.245. The normalized spacial score (nSPS) is 15.4. The van der Waals surface area contributed by atoms with Gasteiger partial charge in [-0.2, -0.15) is 0 Å². The molecule has 1 aliphatic rings. The van der Waals surface area contributed by atoms with Crippen LogP contribution in [0.15, 0.2) is 6.07 Å². The first-order valence-electron chi connectivity index (χ1n) is 10.5. The van der Waals surface area contributed by atoms with Crippen molar-refractivity contribution in [2.24, 2.45) is 5.41 Å². The van der Waals surface area contributed by atoms with Crippen molar-refractivity contribution in [1.29, 1.82) is 0 Å². The van der Waals surface area contributed by atoms with E-state index in [1.165, 1.54) is 0 Å². The highest BCUT2D eigenvalue weighted by molar-refractivity contribution is 5.56. The molecule has 5 heteroatoms. The quantitative estimate of drug-likeness (QED) is 0.193. The Morgan fingerprint density at radius 3 is 2.29 bits per heavy atom. The molecular weight excluding hydrogens is 356 g/mol. The van der Waals surface area contributed by atoms with Gasteiger partial charge in [-0.05, 0) is 69.3 Å². The van der Waals surface area contributed by atoms with Gasteiger partial charge >= 0.3 is 0 Å². The van der Waals surface area contributed by atoms with E-state index in [1.807, 2.05) is 0 Å². The van der Waals surface area contributed by atoms with Crippen LogP contribution >= 0.6 is 0 Å². The zero-order valence-corrected chi connectivity index (χ0v) is 17.6. The van der Waals surface area contributed by atoms with E-state index in [4.69, 9.17) is 4.74 Å². The largest absolute Gasteiger partial charge is 0.508 e. The standard InChI is InChI=1S/C23H36O5/c1-22(2,3)11-7-4-5-10-18-19(25)15-17(20(26)21(18)27)9-6-8-12-23(13-14-23)28-16-24/h15-16,25-27H,4-14H2,1-3H3. The molecular formula is C23H36O5. The van der Waals surface area contributed by atoms with E-state index in [0.717, 1.165) is 57.8 Å². The number of carbonyl (C=O) groups is 1. The summed E-state index contributed by atoms with van der Waals surface area (Å²) < 4.78 is 5.13. The summed E-state index contributed by atoms with van der Waals surface area (Å²) in [5, 5.41) is 31.0. The van der Waals surface area contributed by atoms with Crippen molar-refractivity contribution in [2.75, 3.05) is 0 Å². The Labute approximate surface area is 168 Å². The Hall–Kier alpha value is -1.91. The number of benzene rings is 1. The van der Waals surface area contributed by atoms with Gasteiger partial charge in [-0.15, -0.1) is 0 Å². The van der Waals surface area contributed by atoms with Crippen LogP contribution in [0, 0.1) is 5.41 Å². The third-order valence-electron chi connectivity index (χ3n) is 5.72. The maximum absolute atomic E-state index is 10.5. The molecule has 0 amide bonds. The predicted molar refractivity (Wildman–Crippen MR) is 110 cm³/mol. The van der Waals surface area contributed by atoms with E-state index in [1.54, 1.807) is 6.07 Å². The molecule has 5 nitrogen and oxygen atoms in total. The summed E-state index contributed by atoms with van der Waals surface area (Å²) in [7, 11) is 0. The van der Waals surface area contributed by atoms with Crippen LogP contribution in [0.25, 0.3) is 0 Å². The first-order valence-corrected chi connectivity index (χ1v) is 10.5. The van der Waals surface area contributed by atoms with Crippen LogP contribution in [-0.4, -0.2) is 27.4 Å². The lowest BCUT2D eigenvalue weighted by atomic mass is 9.89. The van der Waals surface area contributed by atoms with Gasteiger partial charge in [-0.25, -0.2) is 0 Å². The molecule has 28 heavy (non-hydrogen) atoms. The number of hydrogen-bond acceptors (Lipinski definition) is 5. The van der Waals surface area contributed by atoms with E-state index in [-0.39, 0.29) is 22.8 Å². The summed E-state index contributed by atoms with van der Waals surface area (Å²) in [6, 6.07) is 1.58. The Balaban J connectivity index is 1.82. The van der Waals surface area contributed by atoms with Gasteiger partial charge in [0.15, 0.2) is 11.5 Å². The van der Waals surface area contributed by atoms with Gasteiger partial charge in [0.25, 0.3) is 6.47 Å². The molecule has 1 aromatic carbocycles. The Morgan fingerprint density at radius 2 is 1.68 bits per heavy atom. The van der Waals surface area contributed by atoms with Crippen LogP contribution in [0.2, 0.25) is 0 Å². The van der Waals surface area contributed by atoms with Crippen molar-refractivity contribution in [3.8, 4) is 17.2 Å². The summed E-state index contributed by atoms with van der Waals surface area (Å²) in [5.41, 5.74) is 1.06. The predicted octanol–water partition coefficient (Wildman–Crippen LogP) is 5.37. The van der Waals surface area contributed by atoms with E-state index >= 15 is 0 Å². The molecule has 0 radical (unpaired) electrons. The highest BCUT2D eigenvalue weighted by Crippen LogP contribution is 2.44. The first-order chi connectivity index (χ1) is 13.2. The average molecular weight is 393 g/mol. The van der Waals surface area contributed by atoms with Gasteiger partial charge in [0, 0.05) is 11.1 Å². The lowest BCUT2D eigenvalue weighted by Crippen LogP contribution is -2.12. The molecule has 158 valence electrons. The van der Waals surface area contributed by atoms with Crippen LogP contribution in [-0.2, 0) is 22.4 Å². The monoisotopic (exact) mass is 392 g/mol. The van der Waals surface area contributed by atoms with Crippen molar-refractivity contribution in [2.45, 2.75) is 97.0 Å². The number of hydrogen-bond donors (Lipinski definition) is 3. The fourth-order valence-electron chi connectivity index (χ4n) is 3.74. The van der Waals surface area contributed by atoms with Crippen LogP contribution < -0.4 is 0 Å². The molecule has 0 atom stereocenters. The summed E-state index contributed by atoms with van der Waals surface area (Å²) in [6.07, 6.45) is 9.60. The zero-order chi connectivity index (χ0) is 20.8. The van der Waals surface area contributed by atoms with Gasteiger partial charge < -0.3 is 20.1 Å². The molecule has 2 rings (SSSR count). The zero-order valence-electron chi connectivity index (χ0n) is 17.6. The van der Waals surface area contributed by atoms with Crippen molar-refractivity contribution in [3.05, 3.63) is 17.2 Å². The van der Waals surface area contributed by atoms with Crippen LogP contribution in [0.3, 0.4) is 0 Å². The minimum absolute atomic E-state index is 0.0593. The molecule has 0 aliphatic heterocycles. The fourth-order valence-corrected chi connectivity index (χ4v) is 3.74. The fraction of sp³-hybridized carbons (Fsp3) is 0.696. The molecule has 0 heterocycles. The van der Waals surface area contributed by atoms with Crippen LogP contribution in [0.5, 0.6) is 17.2 Å². The smallest absolute Gasteiger partial charge is 0.293 e. The summed E-state index contributed by atoms with van der Waals surface area (Å²) in [6.45, 7) is 7.19. The number of phenolic OH excluding ortho intramolecular Hbond substituents is 3. The van der Waals surface area contributed by atoms with Crippen LogP contribution in [0.4, 0.5) is 0 Å². The second-order valence-corrected chi connectivity index (χ2v) is 9.46. The topological polar surface area (TPSA) is 87.0 Å². The molecule has 0 unspecified atom stereocenters. The van der Waals surface area contributed by atoms with E-state index in [9.17, 15) is 20.1 Å². The average Bonchev–Trinajstić information content (AvgIpc) is 3.37. The van der Waals surface area contributed by atoms with Crippen molar-refractivity contribution >= 4 is 6.47 Å². The van der Waals surface area contributed by atoms with Crippen molar-refractivity contribution in [1.82, 2.24) is 0 Å². The number of ether oxygens (including phenoxy) is 1. The minimum Gasteiger partial charge on any atom is -0.508 e. The van der Waals surface area contributed by atoms with Crippen molar-refractivity contribution in [3.63, 3.8) is 0 Å².